The van der Waals surface area contributed by atoms with Crippen molar-refractivity contribution in [3.63, 3.8) is 0 Å². The summed E-state index contributed by atoms with van der Waals surface area (Å²) in [6, 6.07) is 0.532. The lowest BCUT2D eigenvalue weighted by Gasteiger charge is -2.25. The number of rotatable bonds is 6. The minimum absolute atomic E-state index is 0.148. The molecule has 0 aliphatic heterocycles. The average Bonchev–Trinajstić information content (AvgIpc) is 2.36. The van der Waals surface area contributed by atoms with Crippen molar-refractivity contribution in [1.29, 1.82) is 0 Å². The van der Waals surface area contributed by atoms with Crippen molar-refractivity contribution in [2.45, 2.75) is 58.4 Å². The molecule has 0 aromatic rings. The van der Waals surface area contributed by atoms with Crippen LogP contribution in [-0.4, -0.2) is 32.3 Å². The molecule has 1 aliphatic rings. The fraction of sp³-hybridized carbons (Fsp3) is 0.929. The fourth-order valence-electron chi connectivity index (χ4n) is 2.26. The topological polar surface area (TPSA) is 59.6 Å². The number of ether oxygens (including phenoxy) is 1. The molecule has 0 heterocycles. The van der Waals surface area contributed by atoms with Crippen LogP contribution in [0.5, 0.6) is 0 Å². The summed E-state index contributed by atoms with van der Waals surface area (Å²) in [5, 5.41) is 3.34. The zero-order chi connectivity index (χ0) is 13.4. The van der Waals surface area contributed by atoms with E-state index in [2.05, 4.69) is 24.2 Å². The van der Waals surface area contributed by atoms with Crippen LogP contribution in [0.4, 0.5) is 0 Å². The molecule has 0 saturated heterocycles. The Kier molecular flexibility index (Phi) is 6.47. The number of hydrogen-bond donors (Lipinski definition) is 2. The smallest absolute Gasteiger partial charge is 0.188 e. The summed E-state index contributed by atoms with van der Waals surface area (Å²) in [5.74, 6) is 0.604. The number of nitrogens with two attached hydrogens (primary N) is 1. The molecule has 4 heteroatoms. The van der Waals surface area contributed by atoms with Gasteiger partial charge in [-0.25, -0.2) is 0 Å². The van der Waals surface area contributed by atoms with E-state index in [0.717, 1.165) is 19.6 Å². The van der Waals surface area contributed by atoms with Gasteiger partial charge < -0.3 is 15.8 Å². The molecule has 1 rings (SSSR count). The predicted molar refractivity (Wildman–Crippen MR) is 76.8 cm³/mol. The lowest BCUT2D eigenvalue weighted by molar-refractivity contribution is 0.155. The molecule has 0 radical (unpaired) electrons. The highest BCUT2D eigenvalue weighted by Crippen LogP contribution is 2.20. The Morgan fingerprint density at radius 3 is 2.61 bits per heavy atom. The Morgan fingerprint density at radius 1 is 1.33 bits per heavy atom. The SMILES string of the molecule is COCCC(C)(C)CN=C(N)NC1CCCCC1. The van der Waals surface area contributed by atoms with Crippen molar-refractivity contribution in [1.82, 2.24) is 5.32 Å². The van der Waals surface area contributed by atoms with Gasteiger partial charge in [-0.2, -0.15) is 0 Å². The minimum atomic E-state index is 0.148. The second kappa shape index (κ2) is 7.62. The van der Waals surface area contributed by atoms with Gasteiger partial charge >= 0.3 is 0 Å². The first-order valence-electron chi connectivity index (χ1n) is 7.09. The number of hydrogen-bond acceptors (Lipinski definition) is 2. The number of nitrogens with one attached hydrogen (secondary N) is 1. The van der Waals surface area contributed by atoms with Gasteiger partial charge in [0.15, 0.2) is 5.96 Å². The third-order valence-electron chi connectivity index (χ3n) is 3.62. The maximum Gasteiger partial charge on any atom is 0.188 e. The van der Waals surface area contributed by atoms with Crippen molar-refractivity contribution in [3.8, 4) is 0 Å². The maximum atomic E-state index is 5.95. The quantitative estimate of drug-likeness (QED) is 0.565. The van der Waals surface area contributed by atoms with Gasteiger partial charge in [0.2, 0.25) is 0 Å². The second-order valence-corrected chi connectivity index (χ2v) is 6.09. The van der Waals surface area contributed by atoms with Crippen LogP contribution in [0, 0.1) is 5.41 Å². The fourth-order valence-corrected chi connectivity index (χ4v) is 2.26. The normalized spacial score (nSPS) is 18.9. The Hall–Kier alpha value is -0.770. The van der Waals surface area contributed by atoms with Crippen LogP contribution in [0.15, 0.2) is 4.99 Å². The van der Waals surface area contributed by atoms with Crippen molar-refractivity contribution >= 4 is 5.96 Å². The van der Waals surface area contributed by atoms with Crippen LogP contribution in [0.2, 0.25) is 0 Å². The number of aliphatic imine (C=N–C) groups is 1. The zero-order valence-electron chi connectivity index (χ0n) is 12.2. The van der Waals surface area contributed by atoms with Crippen LogP contribution in [0.3, 0.4) is 0 Å². The van der Waals surface area contributed by atoms with Gasteiger partial charge in [-0.05, 0) is 24.7 Å². The molecule has 0 atom stereocenters. The largest absolute Gasteiger partial charge is 0.385 e. The van der Waals surface area contributed by atoms with E-state index in [4.69, 9.17) is 10.5 Å². The van der Waals surface area contributed by atoms with E-state index >= 15 is 0 Å². The van der Waals surface area contributed by atoms with Gasteiger partial charge in [0.25, 0.3) is 0 Å². The zero-order valence-corrected chi connectivity index (χ0v) is 12.2. The highest BCUT2D eigenvalue weighted by atomic mass is 16.5. The van der Waals surface area contributed by atoms with E-state index in [1.807, 2.05) is 0 Å². The Bertz CT molecular complexity index is 258. The molecule has 1 aliphatic carbocycles. The summed E-state index contributed by atoms with van der Waals surface area (Å²) in [7, 11) is 1.73. The minimum Gasteiger partial charge on any atom is -0.385 e. The highest BCUT2D eigenvalue weighted by molar-refractivity contribution is 5.78. The Morgan fingerprint density at radius 2 is 2.00 bits per heavy atom. The monoisotopic (exact) mass is 255 g/mol. The van der Waals surface area contributed by atoms with Gasteiger partial charge in [0, 0.05) is 26.3 Å². The molecule has 106 valence electrons. The van der Waals surface area contributed by atoms with Crippen LogP contribution >= 0.6 is 0 Å². The summed E-state index contributed by atoms with van der Waals surface area (Å²) in [6.45, 7) is 5.92. The summed E-state index contributed by atoms with van der Waals surface area (Å²) in [5.41, 5.74) is 6.10. The van der Waals surface area contributed by atoms with E-state index in [0.29, 0.717) is 12.0 Å². The Labute approximate surface area is 111 Å². The molecule has 0 amide bonds. The molecule has 0 bridgehead atoms. The number of guanidine groups is 1. The molecule has 0 spiro atoms. The standard InChI is InChI=1S/C14H29N3O/c1-14(2,9-10-18-3)11-16-13(15)17-12-7-5-4-6-8-12/h12H,4-11H2,1-3H3,(H3,15,16,17). The van der Waals surface area contributed by atoms with Crippen LogP contribution in [-0.2, 0) is 4.74 Å². The molecule has 4 nitrogen and oxygen atoms in total. The van der Waals surface area contributed by atoms with E-state index in [9.17, 15) is 0 Å². The van der Waals surface area contributed by atoms with E-state index < -0.39 is 0 Å². The molecule has 0 aromatic carbocycles. The van der Waals surface area contributed by atoms with Gasteiger partial charge in [-0.3, -0.25) is 4.99 Å². The average molecular weight is 255 g/mol. The maximum absolute atomic E-state index is 5.95. The third kappa shape index (κ3) is 6.24. The molecule has 18 heavy (non-hydrogen) atoms. The second-order valence-electron chi connectivity index (χ2n) is 6.09. The first kappa shape index (κ1) is 15.3. The van der Waals surface area contributed by atoms with E-state index in [-0.39, 0.29) is 5.41 Å². The highest BCUT2D eigenvalue weighted by Gasteiger charge is 2.18. The van der Waals surface area contributed by atoms with Gasteiger partial charge in [0.1, 0.15) is 0 Å². The number of methoxy groups -OCH3 is 1. The summed E-state index contributed by atoms with van der Waals surface area (Å²) in [4.78, 5) is 4.47. The van der Waals surface area contributed by atoms with E-state index in [1.54, 1.807) is 7.11 Å². The summed E-state index contributed by atoms with van der Waals surface area (Å²) in [6.07, 6.45) is 7.43. The van der Waals surface area contributed by atoms with Crippen LogP contribution in [0.1, 0.15) is 52.4 Å². The van der Waals surface area contributed by atoms with Gasteiger partial charge in [0.05, 0.1) is 0 Å². The first-order chi connectivity index (χ1) is 8.53. The predicted octanol–water partition coefficient (Wildman–Crippen LogP) is 2.29. The van der Waals surface area contributed by atoms with Crippen LogP contribution in [0.25, 0.3) is 0 Å². The van der Waals surface area contributed by atoms with Crippen molar-refractivity contribution < 1.29 is 4.74 Å². The summed E-state index contributed by atoms with van der Waals surface area (Å²) < 4.78 is 5.11. The first-order valence-corrected chi connectivity index (χ1v) is 7.09. The molecule has 0 unspecified atom stereocenters. The molecule has 1 saturated carbocycles. The van der Waals surface area contributed by atoms with Gasteiger partial charge in [-0.15, -0.1) is 0 Å². The molecule has 3 N–H and O–H groups in total. The molecule has 0 aromatic heterocycles. The lowest BCUT2D eigenvalue weighted by atomic mass is 9.90. The van der Waals surface area contributed by atoms with E-state index in [1.165, 1.54) is 32.1 Å². The Balaban J connectivity index is 2.31. The van der Waals surface area contributed by atoms with Crippen molar-refractivity contribution in [3.05, 3.63) is 0 Å². The molecular formula is C14H29N3O. The van der Waals surface area contributed by atoms with Crippen molar-refractivity contribution in [2.24, 2.45) is 16.1 Å². The molecular weight excluding hydrogens is 226 g/mol. The third-order valence-corrected chi connectivity index (χ3v) is 3.62. The van der Waals surface area contributed by atoms with Gasteiger partial charge in [-0.1, -0.05) is 33.1 Å². The van der Waals surface area contributed by atoms with Crippen LogP contribution < -0.4 is 11.1 Å². The summed E-state index contributed by atoms with van der Waals surface area (Å²) >= 11 is 0. The number of nitrogens with zero attached hydrogens (tertiary/aromatic N) is 1. The van der Waals surface area contributed by atoms with Crippen molar-refractivity contribution in [2.75, 3.05) is 20.3 Å². The molecule has 1 fully saturated rings. The lowest BCUT2D eigenvalue weighted by Crippen LogP contribution is -2.41.